The highest BCUT2D eigenvalue weighted by atomic mass is 32.2. The van der Waals surface area contributed by atoms with Crippen LogP contribution in [0.15, 0.2) is 30.3 Å². The fourth-order valence-electron chi connectivity index (χ4n) is 0.849. The standard InChI is InChI=1S/C9H10F2S/c10-6-7-12-9(11)8-4-2-1-3-5-8/h1-5,9H,6-7H2. The smallest absolute Gasteiger partial charge is 0.171 e. The van der Waals surface area contributed by atoms with E-state index in [-0.39, 0.29) is 5.75 Å². The van der Waals surface area contributed by atoms with Crippen LogP contribution in [0.3, 0.4) is 0 Å². The maximum atomic E-state index is 13.1. The molecule has 0 aliphatic carbocycles. The topological polar surface area (TPSA) is 0 Å². The molecule has 66 valence electrons. The van der Waals surface area contributed by atoms with E-state index < -0.39 is 12.2 Å². The Bertz CT molecular complexity index is 213. The van der Waals surface area contributed by atoms with Gasteiger partial charge in [0.05, 0.1) is 6.67 Å². The van der Waals surface area contributed by atoms with E-state index in [9.17, 15) is 8.78 Å². The Morgan fingerprint density at radius 3 is 2.50 bits per heavy atom. The van der Waals surface area contributed by atoms with Crippen molar-refractivity contribution in [2.24, 2.45) is 0 Å². The van der Waals surface area contributed by atoms with Crippen molar-refractivity contribution in [2.45, 2.75) is 5.50 Å². The summed E-state index contributed by atoms with van der Waals surface area (Å²) in [5.74, 6) is 0.218. The molecule has 0 amide bonds. The first-order valence-corrected chi connectivity index (χ1v) is 4.76. The highest BCUT2D eigenvalue weighted by molar-refractivity contribution is 7.99. The first kappa shape index (κ1) is 9.52. The van der Waals surface area contributed by atoms with Crippen LogP contribution in [0.1, 0.15) is 11.1 Å². The summed E-state index contributed by atoms with van der Waals surface area (Å²) in [6.45, 7) is -0.474. The molecule has 0 nitrogen and oxygen atoms in total. The molecular weight excluding hydrogens is 178 g/mol. The molecular formula is C9H10F2S. The van der Waals surface area contributed by atoms with Gasteiger partial charge in [0.25, 0.3) is 0 Å². The summed E-state index contributed by atoms with van der Waals surface area (Å²) in [4.78, 5) is 0. The van der Waals surface area contributed by atoms with Gasteiger partial charge in [0.2, 0.25) is 0 Å². The van der Waals surface area contributed by atoms with Crippen LogP contribution in [0.2, 0.25) is 0 Å². The zero-order chi connectivity index (χ0) is 8.81. The summed E-state index contributed by atoms with van der Waals surface area (Å²) >= 11 is 0.988. The summed E-state index contributed by atoms with van der Waals surface area (Å²) in [6.07, 6.45) is 0. The monoisotopic (exact) mass is 188 g/mol. The normalized spacial score (nSPS) is 12.8. The van der Waals surface area contributed by atoms with Gasteiger partial charge in [0, 0.05) is 5.75 Å². The zero-order valence-corrected chi connectivity index (χ0v) is 7.36. The molecule has 3 heteroatoms. The Balaban J connectivity index is 2.48. The summed E-state index contributed by atoms with van der Waals surface area (Å²) < 4.78 is 24.8. The van der Waals surface area contributed by atoms with Gasteiger partial charge in [0.15, 0.2) is 5.50 Å². The first-order chi connectivity index (χ1) is 5.84. The Morgan fingerprint density at radius 1 is 1.25 bits per heavy atom. The van der Waals surface area contributed by atoms with Crippen LogP contribution < -0.4 is 0 Å². The van der Waals surface area contributed by atoms with Gasteiger partial charge in [-0.05, 0) is 5.56 Å². The first-order valence-electron chi connectivity index (χ1n) is 3.71. The number of hydrogen-bond donors (Lipinski definition) is 0. The SMILES string of the molecule is FCCSC(F)c1ccccc1. The van der Waals surface area contributed by atoms with Crippen LogP contribution >= 0.6 is 11.8 Å². The van der Waals surface area contributed by atoms with Crippen molar-refractivity contribution >= 4 is 11.8 Å². The Labute approximate surface area is 75.0 Å². The summed E-state index contributed by atoms with van der Waals surface area (Å²) in [6, 6.07) is 8.79. The molecule has 1 aromatic carbocycles. The Kier molecular flexibility index (Phi) is 4.08. The van der Waals surface area contributed by atoms with Crippen molar-refractivity contribution < 1.29 is 8.78 Å². The molecule has 12 heavy (non-hydrogen) atoms. The zero-order valence-electron chi connectivity index (χ0n) is 6.54. The van der Waals surface area contributed by atoms with Crippen molar-refractivity contribution in [3.05, 3.63) is 35.9 Å². The van der Waals surface area contributed by atoms with Crippen molar-refractivity contribution in [1.29, 1.82) is 0 Å². The predicted molar refractivity (Wildman–Crippen MR) is 48.7 cm³/mol. The molecule has 1 atom stereocenters. The molecule has 0 saturated carbocycles. The number of rotatable bonds is 4. The molecule has 1 aromatic rings. The third kappa shape index (κ3) is 2.81. The molecule has 0 N–H and O–H groups in total. The van der Waals surface area contributed by atoms with Gasteiger partial charge in [-0.3, -0.25) is 4.39 Å². The van der Waals surface area contributed by atoms with Gasteiger partial charge in [0.1, 0.15) is 0 Å². The van der Waals surface area contributed by atoms with Gasteiger partial charge in [-0.25, -0.2) is 4.39 Å². The lowest BCUT2D eigenvalue weighted by atomic mass is 10.2. The van der Waals surface area contributed by atoms with E-state index in [1.807, 2.05) is 6.07 Å². The van der Waals surface area contributed by atoms with Crippen molar-refractivity contribution in [3.8, 4) is 0 Å². The van der Waals surface area contributed by atoms with Crippen molar-refractivity contribution in [3.63, 3.8) is 0 Å². The fourth-order valence-corrected chi connectivity index (χ4v) is 1.49. The minimum absolute atomic E-state index is 0.218. The Morgan fingerprint density at radius 2 is 1.92 bits per heavy atom. The molecule has 0 spiro atoms. The number of benzene rings is 1. The van der Waals surface area contributed by atoms with E-state index in [2.05, 4.69) is 0 Å². The minimum Gasteiger partial charge on any atom is -0.250 e. The Hall–Kier alpha value is -0.570. The molecule has 0 aromatic heterocycles. The van der Waals surface area contributed by atoms with Crippen LogP contribution in [-0.4, -0.2) is 12.4 Å². The van der Waals surface area contributed by atoms with Crippen LogP contribution in [0.25, 0.3) is 0 Å². The van der Waals surface area contributed by atoms with Crippen LogP contribution in [-0.2, 0) is 0 Å². The second-order valence-electron chi connectivity index (χ2n) is 2.29. The van der Waals surface area contributed by atoms with Gasteiger partial charge in [-0.1, -0.05) is 30.3 Å². The highest BCUT2D eigenvalue weighted by Gasteiger charge is 2.07. The maximum Gasteiger partial charge on any atom is 0.171 e. The van der Waals surface area contributed by atoms with E-state index in [4.69, 9.17) is 0 Å². The lowest BCUT2D eigenvalue weighted by Crippen LogP contribution is -1.88. The lowest BCUT2D eigenvalue weighted by molar-refractivity contribution is 0.466. The quantitative estimate of drug-likeness (QED) is 0.698. The number of thioether (sulfide) groups is 1. The molecule has 0 aliphatic rings. The lowest BCUT2D eigenvalue weighted by Gasteiger charge is -2.05. The predicted octanol–water partition coefficient (Wildman–Crippen LogP) is 3.36. The number of halogens is 2. The second kappa shape index (κ2) is 5.14. The third-order valence-electron chi connectivity index (χ3n) is 1.40. The molecule has 0 heterocycles. The minimum atomic E-state index is -1.10. The van der Waals surface area contributed by atoms with E-state index in [0.717, 1.165) is 11.8 Å². The van der Waals surface area contributed by atoms with Gasteiger partial charge >= 0.3 is 0 Å². The number of hydrogen-bond acceptors (Lipinski definition) is 1. The molecule has 0 fully saturated rings. The van der Waals surface area contributed by atoms with Gasteiger partial charge in [-0.15, -0.1) is 11.8 Å². The van der Waals surface area contributed by atoms with Crippen LogP contribution in [0, 0.1) is 0 Å². The molecule has 0 radical (unpaired) electrons. The number of alkyl halides is 2. The summed E-state index contributed by atoms with van der Waals surface area (Å²) in [5.41, 5.74) is -0.488. The van der Waals surface area contributed by atoms with Gasteiger partial charge in [-0.2, -0.15) is 0 Å². The average Bonchev–Trinajstić information content (AvgIpc) is 2.15. The fraction of sp³-hybridized carbons (Fsp3) is 0.333. The maximum absolute atomic E-state index is 13.1. The molecule has 0 aliphatic heterocycles. The summed E-state index contributed by atoms with van der Waals surface area (Å²) in [5, 5.41) is 0. The van der Waals surface area contributed by atoms with E-state index in [0.29, 0.717) is 5.56 Å². The van der Waals surface area contributed by atoms with E-state index >= 15 is 0 Å². The van der Waals surface area contributed by atoms with Crippen LogP contribution in [0.5, 0.6) is 0 Å². The van der Waals surface area contributed by atoms with Crippen molar-refractivity contribution in [2.75, 3.05) is 12.4 Å². The molecule has 0 bridgehead atoms. The van der Waals surface area contributed by atoms with E-state index in [1.54, 1.807) is 24.3 Å². The van der Waals surface area contributed by atoms with E-state index in [1.165, 1.54) is 0 Å². The highest BCUT2D eigenvalue weighted by Crippen LogP contribution is 2.29. The van der Waals surface area contributed by atoms with Crippen molar-refractivity contribution in [1.82, 2.24) is 0 Å². The second-order valence-corrected chi connectivity index (χ2v) is 3.44. The summed E-state index contributed by atoms with van der Waals surface area (Å²) in [7, 11) is 0. The van der Waals surface area contributed by atoms with Crippen LogP contribution in [0.4, 0.5) is 8.78 Å². The molecule has 1 unspecified atom stereocenters. The molecule has 0 saturated heterocycles. The van der Waals surface area contributed by atoms with Gasteiger partial charge < -0.3 is 0 Å². The largest absolute Gasteiger partial charge is 0.250 e. The third-order valence-corrected chi connectivity index (χ3v) is 2.36. The molecule has 1 rings (SSSR count). The average molecular weight is 188 g/mol.